The van der Waals surface area contributed by atoms with Crippen LogP contribution >= 0.6 is 0 Å². The van der Waals surface area contributed by atoms with Crippen molar-refractivity contribution >= 4 is 5.78 Å². The maximum atomic E-state index is 13.1. The number of carbonyl (C=O) groups is 1. The van der Waals surface area contributed by atoms with Crippen LogP contribution < -0.4 is 0 Å². The van der Waals surface area contributed by atoms with Crippen LogP contribution in [0.15, 0.2) is 18.2 Å². The van der Waals surface area contributed by atoms with Gasteiger partial charge in [0.25, 0.3) is 0 Å². The molecule has 3 rings (SSSR count). The van der Waals surface area contributed by atoms with E-state index in [1.807, 2.05) is 0 Å². The molecular weight excluding hydrogens is 260 g/mol. The first kappa shape index (κ1) is 12.6. The summed E-state index contributed by atoms with van der Waals surface area (Å²) in [7, 11) is 0. The Morgan fingerprint density at radius 1 is 1.16 bits per heavy atom. The van der Waals surface area contributed by atoms with Crippen molar-refractivity contribution in [1.82, 2.24) is 0 Å². The van der Waals surface area contributed by atoms with Gasteiger partial charge in [0.2, 0.25) is 0 Å². The van der Waals surface area contributed by atoms with Gasteiger partial charge in [0.1, 0.15) is 5.82 Å². The van der Waals surface area contributed by atoms with Crippen molar-refractivity contribution in [2.75, 3.05) is 0 Å². The second-order valence-electron chi connectivity index (χ2n) is 5.34. The molecule has 19 heavy (non-hydrogen) atoms. The van der Waals surface area contributed by atoms with E-state index >= 15 is 0 Å². The van der Waals surface area contributed by atoms with Crippen molar-refractivity contribution in [2.45, 2.75) is 25.4 Å². The van der Waals surface area contributed by atoms with Gasteiger partial charge < -0.3 is 0 Å². The van der Waals surface area contributed by atoms with E-state index in [1.165, 1.54) is 0 Å². The molecule has 0 amide bonds. The van der Waals surface area contributed by atoms with Crippen LogP contribution in [0, 0.1) is 23.6 Å². The lowest BCUT2D eigenvalue weighted by molar-refractivity contribution is -0.140. The monoisotopic (exact) mass is 272 g/mol. The molecule has 0 radical (unpaired) electrons. The fourth-order valence-corrected chi connectivity index (χ4v) is 3.30. The third kappa shape index (κ3) is 2.05. The molecule has 0 aliphatic heterocycles. The first-order valence-corrected chi connectivity index (χ1v) is 6.30. The van der Waals surface area contributed by atoms with Crippen LogP contribution in [0.4, 0.5) is 17.6 Å². The number of rotatable bonds is 2. The third-order valence-corrected chi connectivity index (χ3v) is 4.27. The molecule has 1 nitrogen and oxygen atoms in total. The maximum Gasteiger partial charge on any atom is 0.419 e. The highest BCUT2D eigenvalue weighted by Gasteiger charge is 2.56. The summed E-state index contributed by atoms with van der Waals surface area (Å²) in [6.45, 7) is 0. The molecule has 1 aromatic carbocycles. The number of Topliss-reactive ketones (excluding diaryl/α,β-unsaturated/α-hetero) is 1. The molecular formula is C14H12F4O. The number of hydrogen-bond donors (Lipinski definition) is 0. The first-order chi connectivity index (χ1) is 8.89. The molecule has 0 spiro atoms. The zero-order valence-corrected chi connectivity index (χ0v) is 10.0. The molecule has 102 valence electrons. The highest BCUT2D eigenvalue weighted by atomic mass is 19.4. The summed E-state index contributed by atoms with van der Waals surface area (Å²) >= 11 is 0. The number of benzene rings is 1. The van der Waals surface area contributed by atoms with E-state index in [1.54, 1.807) is 0 Å². The van der Waals surface area contributed by atoms with Crippen LogP contribution in [0.5, 0.6) is 0 Å². The number of ketones is 1. The van der Waals surface area contributed by atoms with Gasteiger partial charge in [0.05, 0.1) is 5.56 Å². The van der Waals surface area contributed by atoms with Gasteiger partial charge in [-0.15, -0.1) is 0 Å². The normalized spacial score (nSPS) is 29.2. The molecule has 0 heterocycles. The number of hydrogen-bond acceptors (Lipinski definition) is 1. The van der Waals surface area contributed by atoms with Crippen LogP contribution in [0.3, 0.4) is 0 Å². The fraction of sp³-hybridized carbons (Fsp3) is 0.500. The van der Waals surface area contributed by atoms with Crippen molar-refractivity contribution in [1.29, 1.82) is 0 Å². The highest BCUT2D eigenvalue weighted by Crippen LogP contribution is 2.58. The number of alkyl halides is 3. The highest BCUT2D eigenvalue weighted by molar-refractivity contribution is 6.00. The van der Waals surface area contributed by atoms with Crippen molar-refractivity contribution in [3.05, 3.63) is 35.1 Å². The molecule has 0 saturated heterocycles. The van der Waals surface area contributed by atoms with Gasteiger partial charge in [-0.25, -0.2) is 4.39 Å². The van der Waals surface area contributed by atoms with Crippen LogP contribution in [0.2, 0.25) is 0 Å². The molecule has 2 unspecified atom stereocenters. The van der Waals surface area contributed by atoms with Gasteiger partial charge in [-0.05, 0) is 42.9 Å². The molecule has 2 aliphatic carbocycles. The van der Waals surface area contributed by atoms with Crippen LogP contribution in [-0.2, 0) is 6.18 Å². The average Bonchev–Trinajstić information content (AvgIpc) is 2.80. The molecule has 0 N–H and O–H groups in total. The summed E-state index contributed by atoms with van der Waals surface area (Å²) in [6.07, 6.45) is -1.71. The number of carbonyl (C=O) groups excluding carboxylic acids is 1. The second kappa shape index (κ2) is 4.05. The standard InChI is InChI=1S/C14H12F4O/c15-11-5-4-7(6-10(11)14(16,17)18)13(19)12-8-2-1-3-9(8)12/h4-6,8-9,12H,1-3H2. The maximum absolute atomic E-state index is 13.1. The lowest BCUT2D eigenvalue weighted by Crippen LogP contribution is -2.12. The van der Waals surface area contributed by atoms with E-state index in [0.717, 1.165) is 31.4 Å². The fourth-order valence-electron chi connectivity index (χ4n) is 3.30. The zero-order chi connectivity index (χ0) is 13.8. The Balaban J connectivity index is 1.88. The quantitative estimate of drug-likeness (QED) is 0.586. The molecule has 0 aromatic heterocycles. The van der Waals surface area contributed by atoms with E-state index in [0.29, 0.717) is 17.9 Å². The Kier molecular flexibility index (Phi) is 2.69. The van der Waals surface area contributed by atoms with Gasteiger partial charge in [-0.2, -0.15) is 13.2 Å². The summed E-state index contributed by atoms with van der Waals surface area (Å²) in [5.74, 6) is -1.06. The summed E-state index contributed by atoms with van der Waals surface area (Å²) in [5, 5.41) is 0. The second-order valence-corrected chi connectivity index (χ2v) is 5.34. The minimum atomic E-state index is -4.76. The Labute approximate surface area is 107 Å². The number of fused-ring (bicyclic) bond motifs is 1. The molecule has 1 aromatic rings. The summed E-state index contributed by atoms with van der Waals surface area (Å²) in [5.41, 5.74) is -1.38. The van der Waals surface area contributed by atoms with Crippen molar-refractivity contribution in [3.8, 4) is 0 Å². The van der Waals surface area contributed by atoms with Crippen molar-refractivity contribution < 1.29 is 22.4 Å². The van der Waals surface area contributed by atoms with Crippen molar-refractivity contribution in [2.24, 2.45) is 17.8 Å². The molecule has 2 aliphatic rings. The smallest absolute Gasteiger partial charge is 0.294 e. The predicted octanol–water partition coefficient (Wildman–Crippen LogP) is 4.07. The van der Waals surface area contributed by atoms with Crippen LogP contribution in [0.25, 0.3) is 0 Å². The van der Waals surface area contributed by atoms with E-state index in [-0.39, 0.29) is 17.3 Å². The SMILES string of the molecule is O=C(c1ccc(F)c(C(F)(F)F)c1)C1C2CCCC21. The van der Waals surface area contributed by atoms with Gasteiger partial charge in [0, 0.05) is 11.5 Å². The lowest BCUT2D eigenvalue weighted by Gasteiger charge is -2.10. The predicted molar refractivity (Wildman–Crippen MR) is 60.1 cm³/mol. The Hall–Kier alpha value is -1.39. The van der Waals surface area contributed by atoms with E-state index in [2.05, 4.69) is 0 Å². The van der Waals surface area contributed by atoms with E-state index < -0.39 is 17.6 Å². The van der Waals surface area contributed by atoms with Crippen molar-refractivity contribution in [3.63, 3.8) is 0 Å². The van der Waals surface area contributed by atoms with Crippen LogP contribution in [-0.4, -0.2) is 5.78 Å². The number of halogens is 4. The van der Waals surface area contributed by atoms with Gasteiger partial charge in [0.15, 0.2) is 5.78 Å². The summed E-state index contributed by atoms with van der Waals surface area (Å²) < 4.78 is 50.9. The molecule has 5 heteroatoms. The van der Waals surface area contributed by atoms with Gasteiger partial charge in [-0.3, -0.25) is 4.79 Å². The first-order valence-electron chi connectivity index (χ1n) is 6.30. The summed E-state index contributed by atoms with van der Waals surface area (Å²) in [6, 6.07) is 2.53. The molecule has 2 fully saturated rings. The topological polar surface area (TPSA) is 17.1 Å². The lowest BCUT2D eigenvalue weighted by atomic mass is 9.99. The summed E-state index contributed by atoms with van der Waals surface area (Å²) in [4.78, 5) is 12.1. The van der Waals surface area contributed by atoms with E-state index in [9.17, 15) is 22.4 Å². The third-order valence-electron chi connectivity index (χ3n) is 4.27. The minimum Gasteiger partial charge on any atom is -0.294 e. The molecule has 2 saturated carbocycles. The van der Waals surface area contributed by atoms with Gasteiger partial charge >= 0.3 is 6.18 Å². The zero-order valence-electron chi connectivity index (χ0n) is 10.0. The molecule has 0 bridgehead atoms. The Bertz CT molecular complexity index is 525. The van der Waals surface area contributed by atoms with Crippen LogP contribution in [0.1, 0.15) is 35.2 Å². The van der Waals surface area contributed by atoms with E-state index in [4.69, 9.17) is 0 Å². The largest absolute Gasteiger partial charge is 0.419 e. The average molecular weight is 272 g/mol. The Morgan fingerprint density at radius 2 is 1.79 bits per heavy atom. The Morgan fingerprint density at radius 3 is 2.37 bits per heavy atom. The van der Waals surface area contributed by atoms with Gasteiger partial charge in [-0.1, -0.05) is 6.42 Å². The molecule has 2 atom stereocenters. The minimum absolute atomic E-state index is 0.0203.